The molecule has 0 saturated carbocycles. The Kier molecular flexibility index (Phi) is 5.04. The first-order valence-corrected chi connectivity index (χ1v) is 4.97. The van der Waals surface area contributed by atoms with Crippen LogP contribution in [0.5, 0.6) is 5.75 Å². The van der Waals surface area contributed by atoms with Crippen molar-refractivity contribution >= 4 is 0 Å². The van der Waals surface area contributed by atoms with Crippen LogP contribution in [0.3, 0.4) is 0 Å². The highest BCUT2D eigenvalue weighted by Gasteiger charge is 2.08. The van der Waals surface area contributed by atoms with E-state index < -0.39 is 6.61 Å². The fraction of sp³-hybridized carbons (Fsp3) is 0.455. The molecule has 15 heavy (non-hydrogen) atoms. The Morgan fingerprint density at radius 1 is 1.33 bits per heavy atom. The van der Waals surface area contributed by atoms with E-state index in [0.29, 0.717) is 6.42 Å². The van der Waals surface area contributed by atoms with Gasteiger partial charge in [-0.15, -0.1) is 0 Å². The minimum Gasteiger partial charge on any atom is -0.435 e. The molecule has 0 heterocycles. The van der Waals surface area contributed by atoms with Gasteiger partial charge in [-0.05, 0) is 31.1 Å². The third-order valence-corrected chi connectivity index (χ3v) is 2.01. The minimum absolute atomic E-state index is 0.269. The van der Waals surface area contributed by atoms with Crippen molar-refractivity contribution < 1.29 is 13.5 Å². The Morgan fingerprint density at radius 2 is 2.07 bits per heavy atom. The summed E-state index contributed by atoms with van der Waals surface area (Å²) in [7, 11) is 0. The number of ether oxygens (including phenoxy) is 1. The first-order valence-electron chi connectivity index (χ1n) is 4.97. The lowest BCUT2D eigenvalue weighted by Crippen LogP contribution is -2.16. The minimum atomic E-state index is -2.76. The number of alkyl halides is 2. The lowest BCUT2D eigenvalue weighted by molar-refractivity contribution is -0.0504. The second-order valence-electron chi connectivity index (χ2n) is 3.09. The number of para-hydroxylation sites is 1. The van der Waals surface area contributed by atoms with Crippen molar-refractivity contribution in [1.82, 2.24) is 5.32 Å². The molecule has 1 aromatic carbocycles. The second-order valence-corrected chi connectivity index (χ2v) is 3.09. The van der Waals surface area contributed by atoms with Crippen LogP contribution in [0.15, 0.2) is 24.3 Å². The summed E-state index contributed by atoms with van der Waals surface area (Å²) >= 11 is 0. The van der Waals surface area contributed by atoms with E-state index in [1.807, 2.05) is 13.0 Å². The van der Waals surface area contributed by atoms with E-state index in [-0.39, 0.29) is 5.75 Å². The van der Waals surface area contributed by atoms with Gasteiger partial charge >= 0.3 is 6.61 Å². The highest BCUT2D eigenvalue weighted by atomic mass is 19.3. The summed E-state index contributed by atoms with van der Waals surface area (Å²) in [5, 5.41) is 3.13. The first-order chi connectivity index (χ1) is 7.24. The maximum atomic E-state index is 12.1. The average Bonchev–Trinajstić information content (AvgIpc) is 2.20. The van der Waals surface area contributed by atoms with Crippen LogP contribution < -0.4 is 10.1 Å². The standard InChI is InChI=1S/C11H15F2NO/c1-2-14-8-7-9-5-3-4-6-10(9)15-11(12)13/h3-6,11,14H,2,7-8H2,1H3. The van der Waals surface area contributed by atoms with Gasteiger partial charge in [-0.25, -0.2) is 0 Å². The summed E-state index contributed by atoms with van der Waals surface area (Å²) in [6, 6.07) is 6.87. The Balaban J connectivity index is 2.60. The van der Waals surface area contributed by atoms with E-state index >= 15 is 0 Å². The van der Waals surface area contributed by atoms with E-state index in [2.05, 4.69) is 10.1 Å². The van der Waals surface area contributed by atoms with Crippen LogP contribution in [-0.2, 0) is 6.42 Å². The average molecular weight is 215 g/mol. The molecule has 0 atom stereocenters. The van der Waals surface area contributed by atoms with Crippen molar-refractivity contribution in [1.29, 1.82) is 0 Å². The maximum absolute atomic E-state index is 12.1. The van der Waals surface area contributed by atoms with Crippen LogP contribution in [0.1, 0.15) is 12.5 Å². The van der Waals surface area contributed by atoms with Crippen molar-refractivity contribution in [3.63, 3.8) is 0 Å². The Hall–Kier alpha value is -1.16. The number of rotatable bonds is 6. The third-order valence-electron chi connectivity index (χ3n) is 2.01. The van der Waals surface area contributed by atoms with E-state index in [1.165, 1.54) is 0 Å². The van der Waals surface area contributed by atoms with Gasteiger partial charge in [-0.2, -0.15) is 8.78 Å². The van der Waals surface area contributed by atoms with Gasteiger partial charge in [0.15, 0.2) is 0 Å². The monoisotopic (exact) mass is 215 g/mol. The molecule has 0 fully saturated rings. The van der Waals surface area contributed by atoms with Crippen molar-refractivity contribution in [2.75, 3.05) is 13.1 Å². The lowest BCUT2D eigenvalue weighted by atomic mass is 10.1. The largest absolute Gasteiger partial charge is 0.435 e. The molecule has 1 N–H and O–H groups in total. The summed E-state index contributed by atoms with van der Waals surface area (Å²) in [5.74, 6) is 0.269. The quantitative estimate of drug-likeness (QED) is 0.736. The summed E-state index contributed by atoms with van der Waals surface area (Å²) < 4.78 is 28.5. The Bertz CT molecular complexity index is 292. The fourth-order valence-corrected chi connectivity index (χ4v) is 1.32. The van der Waals surface area contributed by atoms with Crippen LogP contribution >= 0.6 is 0 Å². The number of hydrogen-bond acceptors (Lipinski definition) is 2. The van der Waals surface area contributed by atoms with Crippen LogP contribution in [0.4, 0.5) is 8.78 Å². The molecular weight excluding hydrogens is 200 g/mol. The van der Waals surface area contributed by atoms with Gasteiger partial charge in [-0.1, -0.05) is 25.1 Å². The Labute approximate surface area is 88.3 Å². The van der Waals surface area contributed by atoms with Gasteiger partial charge in [0.2, 0.25) is 0 Å². The molecule has 0 aliphatic rings. The maximum Gasteiger partial charge on any atom is 0.387 e. The lowest BCUT2D eigenvalue weighted by Gasteiger charge is -2.10. The zero-order valence-corrected chi connectivity index (χ0v) is 8.67. The molecular formula is C11H15F2NO. The molecule has 0 bridgehead atoms. The predicted octanol–water partition coefficient (Wildman–Crippen LogP) is 2.44. The van der Waals surface area contributed by atoms with Gasteiger partial charge in [0.25, 0.3) is 0 Å². The van der Waals surface area contributed by atoms with E-state index in [1.54, 1.807) is 18.2 Å². The van der Waals surface area contributed by atoms with Crippen LogP contribution in [0, 0.1) is 0 Å². The van der Waals surface area contributed by atoms with Crippen LogP contribution in [0.2, 0.25) is 0 Å². The highest BCUT2D eigenvalue weighted by molar-refractivity contribution is 5.33. The molecule has 2 nitrogen and oxygen atoms in total. The van der Waals surface area contributed by atoms with Gasteiger partial charge < -0.3 is 10.1 Å². The SMILES string of the molecule is CCNCCc1ccccc1OC(F)F. The summed E-state index contributed by atoms with van der Waals surface area (Å²) in [6.07, 6.45) is 0.691. The number of nitrogens with one attached hydrogen (secondary N) is 1. The Morgan fingerprint density at radius 3 is 2.73 bits per heavy atom. The van der Waals surface area contributed by atoms with Gasteiger partial charge in [0.05, 0.1) is 0 Å². The first kappa shape index (κ1) is 11.9. The third kappa shape index (κ3) is 4.25. The van der Waals surface area contributed by atoms with E-state index in [0.717, 1.165) is 18.7 Å². The zero-order valence-electron chi connectivity index (χ0n) is 8.67. The zero-order chi connectivity index (χ0) is 11.1. The molecule has 0 aliphatic carbocycles. The highest BCUT2D eigenvalue weighted by Crippen LogP contribution is 2.20. The summed E-state index contributed by atoms with van der Waals surface area (Å²) in [5.41, 5.74) is 0.804. The summed E-state index contributed by atoms with van der Waals surface area (Å²) in [6.45, 7) is 0.879. The molecule has 1 rings (SSSR count). The second kappa shape index (κ2) is 6.35. The molecule has 0 unspecified atom stereocenters. The van der Waals surface area contributed by atoms with Crippen molar-refractivity contribution in [2.24, 2.45) is 0 Å². The summed E-state index contributed by atoms with van der Waals surface area (Å²) in [4.78, 5) is 0. The van der Waals surface area contributed by atoms with Crippen molar-refractivity contribution in [2.45, 2.75) is 20.0 Å². The molecule has 0 aromatic heterocycles. The molecule has 0 spiro atoms. The molecule has 0 aliphatic heterocycles. The molecule has 0 saturated heterocycles. The fourth-order valence-electron chi connectivity index (χ4n) is 1.32. The van der Waals surface area contributed by atoms with E-state index in [9.17, 15) is 8.78 Å². The number of halogens is 2. The molecule has 1 aromatic rings. The van der Waals surface area contributed by atoms with Gasteiger partial charge in [-0.3, -0.25) is 0 Å². The van der Waals surface area contributed by atoms with Crippen molar-refractivity contribution in [3.8, 4) is 5.75 Å². The van der Waals surface area contributed by atoms with Gasteiger partial charge in [0.1, 0.15) is 5.75 Å². The van der Waals surface area contributed by atoms with Crippen LogP contribution in [0.25, 0.3) is 0 Å². The topological polar surface area (TPSA) is 21.3 Å². The normalized spacial score (nSPS) is 10.7. The predicted molar refractivity (Wildman–Crippen MR) is 55.3 cm³/mol. The molecule has 84 valence electrons. The number of hydrogen-bond donors (Lipinski definition) is 1. The van der Waals surface area contributed by atoms with E-state index in [4.69, 9.17) is 0 Å². The smallest absolute Gasteiger partial charge is 0.387 e. The molecule has 0 amide bonds. The number of likely N-dealkylation sites (N-methyl/N-ethyl adjacent to an activating group) is 1. The van der Waals surface area contributed by atoms with Crippen LogP contribution in [-0.4, -0.2) is 19.7 Å². The molecule has 0 radical (unpaired) electrons. The van der Waals surface area contributed by atoms with Gasteiger partial charge in [0, 0.05) is 0 Å². The molecule has 4 heteroatoms. The number of benzene rings is 1. The van der Waals surface area contributed by atoms with Crippen molar-refractivity contribution in [3.05, 3.63) is 29.8 Å².